The van der Waals surface area contributed by atoms with Gasteiger partial charge in [0, 0.05) is 37.2 Å². The third kappa shape index (κ3) is 5.31. The Balaban J connectivity index is 1.47. The van der Waals surface area contributed by atoms with E-state index >= 15 is 0 Å². The van der Waals surface area contributed by atoms with Crippen LogP contribution in [0.2, 0.25) is 0 Å². The van der Waals surface area contributed by atoms with Crippen molar-refractivity contribution in [2.24, 2.45) is 16.5 Å². The van der Waals surface area contributed by atoms with Crippen molar-refractivity contribution < 1.29 is 22.8 Å². The highest BCUT2D eigenvalue weighted by atomic mass is 19.4. The molecule has 182 valence electrons. The molecule has 0 saturated carbocycles. The Morgan fingerprint density at radius 1 is 1.06 bits per heavy atom. The number of rotatable bonds is 4. The Labute approximate surface area is 198 Å². The average molecular weight is 485 g/mol. The number of aromatic nitrogens is 3. The van der Waals surface area contributed by atoms with Crippen LogP contribution >= 0.6 is 0 Å². The standard InChI is InChI=1S/C23H22F3N7O2/c24-23(25,26)18-12-15(20(34)31-22(27)28)2-4-17(18)14-6-10-32(11-7-14)21(35)16-3-5-19(29-13-16)33-9-1-8-30-33/h1-5,8-9,12-14H,6-7,10-11H2,(H4,27,28,31,34). The molecule has 1 fully saturated rings. The second kappa shape index (κ2) is 9.57. The topological polar surface area (TPSA) is 132 Å². The minimum Gasteiger partial charge on any atom is -0.370 e. The highest BCUT2D eigenvalue weighted by Gasteiger charge is 2.37. The molecule has 9 nitrogen and oxygen atoms in total. The predicted molar refractivity (Wildman–Crippen MR) is 121 cm³/mol. The molecule has 0 aliphatic carbocycles. The highest BCUT2D eigenvalue weighted by Crippen LogP contribution is 2.39. The SMILES string of the molecule is NC(N)=NC(=O)c1ccc(C2CCN(C(=O)c3ccc(-n4cccn4)nc3)CC2)c(C(F)(F)F)c1. The van der Waals surface area contributed by atoms with Gasteiger partial charge >= 0.3 is 6.18 Å². The first kappa shape index (κ1) is 23.9. The summed E-state index contributed by atoms with van der Waals surface area (Å²) in [5, 5.41) is 4.08. The number of pyridine rings is 1. The van der Waals surface area contributed by atoms with Crippen LogP contribution in [0.1, 0.15) is 50.6 Å². The van der Waals surface area contributed by atoms with E-state index in [4.69, 9.17) is 11.5 Å². The molecule has 12 heteroatoms. The number of likely N-dealkylation sites (tertiary alicyclic amines) is 1. The minimum absolute atomic E-state index is 0.0797. The molecule has 0 radical (unpaired) electrons. The van der Waals surface area contributed by atoms with E-state index in [2.05, 4.69) is 15.1 Å². The Morgan fingerprint density at radius 3 is 2.34 bits per heavy atom. The van der Waals surface area contributed by atoms with E-state index in [9.17, 15) is 22.8 Å². The zero-order valence-corrected chi connectivity index (χ0v) is 18.4. The van der Waals surface area contributed by atoms with E-state index in [1.165, 1.54) is 18.3 Å². The third-order valence-corrected chi connectivity index (χ3v) is 5.79. The van der Waals surface area contributed by atoms with Crippen LogP contribution in [-0.2, 0) is 6.18 Å². The van der Waals surface area contributed by atoms with E-state index in [0.29, 0.717) is 24.2 Å². The molecule has 4 N–H and O–H groups in total. The average Bonchev–Trinajstić information content (AvgIpc) is 3.37. The predicted octanol–water partition coefficient (Wildman–Crippen LogP) is 2.72. The summed E-state index contributed by atoms with van der Waals surface area (Å²) in [6.45, 7) is 0.576. The van der Waals surface area contributed by atoms with E-state index in [1.54, 1.807) is 40.2 Å². The lowest BCUT2D eigenvalue weighted by Gasteiger charge is -2.33. The summed E-state index contributed by atoms with van der Waals surface area (Å²) in [6.07, 6.45) is 0.819. The molecule has 0 bridgehead atoms. The van der Waals surface area contributed by atoms with Crippen LogP contribution in [0.3, 0.4) is 0 Å². The monoisotopic (exact) mass is 485 g/mol. The largest absolute Gasteiger partial charge is 0.416 e. The van der Waals surface area contributed by atoms with Crippen LogP contribution < -0.4 is 11.5 Å². The molecule has 3 aromatic rings. The van der Waals surface area contributed by atoms with Crippen molar-refractivity contribution >= 4 is 17.8 Å². The van der Waals surface area contributed by atoms with Crippen LogP contribution in [0.15, 0.2) is 60.0 Å². The van der Waals surface area contributed by atoms with Crippen LogP contribution in [-0.4, -0.2) is 50.5 Å². The number of guanidine groups is 1. The van der Waals surface area contributed by atoms with E-state index in [1.807, 2.05) is 0 Å². The van der Waals surface area contributed by atoms with Gasteiger partial charge in [0.2, 0.25) is 0 Å². The lowest BCUT2D eigenvalue weighted by Crippen LogP contribution is -2.38. The van der Waals surface area contributed by atoms with Crippen LogP contribution in [0.25, 0.3) is 5.82 Å². The number of nitrogens with zero attached hydrogens (tertiary/aromatic N) is 5. The second-order valence-electron chi connectivity index (χ2n) is 8.06. The number of hydrogen-bond acceptors (Lipinski definition) is 4. The normalized spacial score (nSPS) is 14.5. The molecule has 0 atom stereocenters. The van der Waals surface area contributed by atoms with Gasteiger partial charge in [-0.1, -0.05) is 6.07 Å². The quantitative estimate of drug-likeness (QED) is 0.431. The van der Waals surface area contributed by atoms with Gasteiger partial charge in [0.1, 0.15) is 0 Å². The van der Waals surface area contributed by atoms with Crippen molar-refractivity contribution in [1.29, 1.82) is 0 Å². The minimum atomic E-state index is -4.67. The molecule has 2 amide bonds. The van der Waals surface area contributed by atoms with Gasteiger partial charge in [-0.15, -0.1) is 0 Å². The van der Waals surface area contributed by atoms with Gasteiger partial charge in [0.25, 0.3) is 11.8 Å². The first-order valence-corrected chi connectivity index (χ1v) is 10.7. The van der Waals surface area contributed by atoms with Gasteiger partial charge in [-0.05, 0) is 54.7 Å². The van der Waals surface area contributed by atoms with Crippen molar-refractivity contribution in [2.45, 2.75) is 24.9 Å². The fraction of sp³-hybridized carbons (Fsp3) is 0.261. The van der Waals surface area contributed by atoms with Crippen LogP contribution in [0, 0.1) is 0 Å². The second-order valence-corrected chi connectivity index (χ2v) is 8.06. The number of carbonyl (C=O) groups is 2. The Bertz CT molecular complexity index is 1240. The number of hydrogen-bond donors (Lipinski definition) is 2. The maximum Gasteiger partial charge on any atom is 0.416 e. The van der Waals surface area contributed by atoms with E-state index < -0.39 is 29.5 Å². The van der Waals surface area contributed by atoms with Gasteiger partial charge in [-0.3, -0.25) is 9.59 Å². The third-order valence-electron chi connectivity index (χ3n) is 5.79. The van der Waals surface area contributed by atoms with Crippen molar-refractivity contribution in [1.82, 2.24) is 19.7 Å². The first-order chi connectivity index (χ1) is 16.6. The summed E-state index contributed by atoms with van der Waals surface area (Å²) in [7, 11) is 0. The van der Waals surface area contributed by atoms with Crippen molar-refractivity contribution in [3.8, 4) is 5.82 Å². The zero-order chi connectivity index (χ0) is 25.2. The molecule has 4 rings (SSSR count). The van der Waals surface area contributed by atoms with Crippen LogP contribution in [0.4, 0.5) is 13.2 Å². The summed E-state index contributed by atoms with van der Waals surface area (Å²) in [4.78, 5) is 34.0. The number of carbonyl (C=O) groups excluding carboxylic acids is 2. The van der Waals surface area contributed by atoms with Crippen LogP contribution in [0.5, 0.6) is 0 Å². The molecule has 2 aromatic heterocycles. The lowest BCUT2D eigenvalue weighted by atomic mass is 9.85. The Hall–Kier alpha value is -4.22. The summed E-state index contributed by atoms with van der Waals surface area (Å²) in [5.41, 5.74) is 9.62. The number of halogens is 3. The Kier molecular flexibility index (Phi) is 6.54. The molecule has 1 aliphatic heterocycles. The fourth-order valence-electron chi connectivity index (χ4n) is 4.10. The Morgan fingerprint density at radius 2 is 1.77 bits per heavy atom. The van der Waals surface area contributed by atoms with E-state index in [0.717, 1.165) is 6.07 Å². The zero-order valence-electron chi connectivity index (χ0n) is 18.4. The molecule has 0 spiro atoms. The molecular weight excluding hydrogens is 463 g/mol. The summed E-state index contributed by atoms with van der Waals surface area (Å²) < 4.78 is 43.0. The molecule has 1 aliphatic rings. The maximum atomic E-state index is 13.8. The number of alkyl halides is 3. The smallest absolute Gasteiger partial charge is 0.370 e. The highest BCUT2D eigenvalue weighted by molar-refractivity contribution is 6.02. The maximum absolute atomic E-state index is 13.8. The number of piperidine rings is 1. The van der Waals surface area contributed by atoms with Gasteiger partial charge in [0.15, 0.2) is 11.8 Å². The van der Waals surface area contributed by atoms with Crippen molar-refractivity contribution in [2.75, 3.05) is 13.1 Å². The van der Waals surface area contributed by atoms with E-state index in [-0.39, 0.29) is 30.1 Å². The molecule has 3 heterocycles. The molecule has 1 aromatic carbocycles. The lowest BCUT2D eigenvalue weighted by molar-refractivity contribution is -0.138. The van der Waals surface area contributed by atoms with Gasteiger partial charge in [-0.2, -0.15) is 23.3 Å². The molecule has 35 heavy (non-hydrogen) atoms. The number of amides is 2. The number of benzene rings is 1. The fourth-order valence-corrected chi connectivity index (χ4v) is 4.10. The van der Waals surface area contributed by atoms with Crippen molar-refractivity contribution in [3.05, 3.63) is 77.2 Å². The number of aliphatic imine (C=N–C) groups is 1. The van der Waals surface area contributed by atoms with Gasteiger partial charge in [-0.25, -0.2) is 9.67 Å². The molecule has 0 unspecified atom stereocenters. The van der Waals surface area contributed by atoms with Crippen molar-refractivity contribution in [3.63, 3.8) is 0 Å². The molecule has 1 saturated heterocycles. The summed E-state index contributed by atoms with van der Waals surface area (Å²) in [5.74, 6) is -1.59. The first-order valence-electron chi connectivity index (χ1n) is 10.7. The summed E-state index contributed by atoms with van der Waals surface area (Å²) >= 11 is 0. The molecular formula is C23H22F3N7O2. The summed E-state index contributed by atoms with van der Waals surface area (Å²) in [6, 6.07) is 8.42. The number of nitrogens with two attached hydrogens (primary N) is 2. The van der Waals surface area contributed by atoms with Gasteiger partial charge in [0.05, 0.1) is 11.1 Å². The van der Waals surface area contributed by atoms with Gasteiger partial charge < -0.3 is 16.4 Å².